The van der Waals surface area contributed by atoms with E-state index in [-0.39, 0.29) is 17.9 Å². The molecule has 1 aromatic carbocycles. The van der Waals surface area contributed by atoms with Gasteiger partial charge in [-0.05, 0) is 56.9 Å². The second-order valence-corrected chi connectivity index (χ2v) is 10.0. The highest BCUT2D eigenvalue weighted by molar-refractivity contribution is 6.02. The fraction of sp³-hybridized carbons (Fsp3) is 0.481. The van der Waals surface area contributed by atoms with Gasteiger partial charge in [0.2, 0.25) is 5.91 Å². The number of fused-ring (bicyclic) bond motifs is 3. The van der Waals surface area contributed by atoms with E-state index in [0.29, 0.717) is 24.4 Å². The van der Waals surface area contributed by atoms with Crippen molar-refractivity contribution in [1.29, 1.82) is 0 Å². The predicted octanol–water partition coefficient (Wildman–Crippen LogP) is 4.78. The highest BCUT2D eigenvalue weighted by Gasteiger charge is 2.48. The summed E-state index contributed by atoms with van der Waals surface area (Å²) in [7, 11) is 0. The summed E-state index contributed by atoms with van der Waals surface area (Å²) in [5.74, 6) is 0.568. The molecule has 1 N–H and O–H groups in total. The quantitative estimate of drug-likeness (QED) is 0.592. The number of nitrogens with zero attached hydrogens (tertiary/aromatic N) is 2. The molecule has 1 atom stereocenters. The summed E-state index contributed by atoms with van der Waals surface area (Å²) in [5, 5.41) is 3.30. The zero-order chi connectivity index (χ0) is 23.0. The Hall–Kier alpha value is -3.02. The molecule has 6 nitrogen and oxygen atoms in total. The maximum atomic E-state index is 13.7. The van der Waals surface area contributed by atoms with Crippen LogP contribution in [0.2, 0.25) is 0 Å². The topological polar surface area (TPSA) is 67.5 Å². The van der Waals surface area contributed by atoms with E-state index in [1.807, 2.05) is 41.8 Å². The van der Waals surface area contributed by atoms with Crippen LogP contribution < -0.4 is 5.32 Å². The van der Waals surface area contributed by atoms with Crippen LogP contribution in [0.15, 0.2) is 53.1 Å². The predicted molar refractivity (Wildman–Crippen MR) is 128 cm³/mol. The number of hydrogen-bond acceptors (Lipinski definition) is 3. The standard InChI is InChI=1S/C27H33N3O3/c1-19-10-12-21(13-11-19)28-26(32)27(2)18-29-22-14-16-33-24(22)17-23(29)25(31)30(27)15-6-9-20-7-4-3-5-8-20/h3-5,7-8,14,16-17,19,21H,6,9-13,15,18H2,1-2H3,(H,28,32)/t19?,21?,27-/m0/s1. The molecule has 6 heteroatoms. The lowest BCUT2D eigenvalue weighted by Gasteiger charge is -2.45. The van der Waals surface area contributed by atoms with Crippen LogP contribution in [0.4, 0.5) is 0 Å². The number of nitrogens with one attached hydrogen (secondary N) is 1. The molecular formula is C27H33N3O3. The average Bonchev–Trinajstić information content (AvgIpc) is 3.41. The molecule has 3 heterocycles. The van der Waals surface area contributed by atoms with E-state index >= 15 is 0 Å². The number of aryl methyl sites for hydroxylation is 1. The van der Waals surface area contributed by atoms with Gasteiger partial charge in [0.25, 0.3) is 5.91 Å². The lowest BCUT2D eigenvalue weighted by atomic mass is 9.86. The Morgan fingerprint density at radius 3 is 2.67 bits per heavy atom. The van der Waals surface area contributed by atoms with Crippen molar-refractivity contribution in [3.05, 3.63) is 60.0 Å². The van der Waals surface area contributed by atoms with Crippen molar-refractivity contribution in [3.63, 3.8) is 0 Å². The molecular weight excluding hydrogens is 414 g/mol. The van der Waals surface area contributed by atoms with Gasteiger partial charge < -0.3 is 19.2 Å². The summed E-state index contributed by atoms with van der Waals surface area (Å²) in [5.41, 5.74) is 2.44. The lowest BCUT2D eigenvalue weighted by Crippen LogP contribution is -2.65. The van der Waals surface area contributed by atoms with E-state index in [4.69, 9.17) is 4.42 Å². The van der Waals surface area contributed by atoms with Crippen LogP contribution in [0.3, 0.4) is 0 Å². The van der Waals surface area contributed by atoms with Crippen LogP contribution >= 0.6 is 0 Å². The minimum atomic E-state index is -0.951. The number of carbonyl (C=O) groups is 2. The van der Waals surface area contributed by atoms with Gasteiger partial charge in [-0.25, -0.2) is 0 Å². The van der Waals surface area contributed by atoms with E-state index in [1.54, 1.807) is 11.2 Å². The Balaban J connectivity index is 1.40. The molecule has 1 aliphatic carbocycles. The molecule has 174 valence electrons. The Morgan fingerprint density at radius 1 is 1.15 bits per heavy atom. The number of benzene rings is 1. The lowest BCUT2D eigenvalue weighted by molar-refractivity contribution is -0.133. The summed E-state index contributed by atoms with van der Waals surface area (Å²) in [6.45, 7) is 5.16. The second-order valence-electron chi connectivity index (χ2n) is 10.0. The molecule has 0 bridgehead atoms. The maximum Gasteiger partial charge on any atom is 0.271 e. The Bertz CT molecular complexity index is 1140. The summed E-state index contributed by atoms with van der Waals surface area (Å²) in [6.07, 6.45) is 7.59. The van der Waals surface area contributed by atoms with Gasteiger partial charge in [0.1, 0.15) is 11.2 Å². The average molecular weight is 448 g/mol. The van der Waals surface area contributed by atoms with Crippen LogP contribution in [-0.4, -0.2) is 39.4 Å². The minimum Gasteiger partial charge on any atom is -0.463 e. The third kappa shape index (κ3) is 4.07. The molecule has 0 unspecified atom stereocenters. The van der Waals surface area contributed by atoms with Crippen LogP contribution in [0.5, 0.6) is 0 Å². The van der Waals surface area contributed by atoms with Crippen molar-refractivity contribution < 1.29 is 14.0 Å². The van der Waals surface area contributed by atoms with Gasteiger partial charge in [-0.1, -0.05) is 37.3 Å². The van der Waals surface area contributed by atoms with Gasteiger partial charge in [0.05, 0.1) is 18.3 Å². The van der Waals surface area contributed by atoms with Crippen LogP contribution in [0.1, 0.15) is 62.0 Å². The first-order valence-electron chi connectivity index (χ1n) is 12.2. The van der Waals surface area contributed by atoms with E-state index < -0.39 is 5.54 Å². The van der Waals surface area contributed by atoms with Gasteiger partial charge in [0.15, 0.2) is 5.58 Å². The van der Waals surface area contributed by atoms with Crippen molar-refractivity contribution in [2.45, 2.75) is 70.5 Å². The first kappa shape index (κ1) is 21.8. The first-order chi connectivity index (χ1) is 16.0. The van der Waals surface area contributed by atoms with Gasteiger partial charge in [-0.2, -0.15) is 0 Å². The largest absolute Gasteiger partial charge is 0.463 e. The van der Waals surface area contributed by atoms with E-state index in [1.165, 1.54) is 5.56 Å². The summed E-state index contributed by atoms with van der Waals surface area (Å²) >= 11 is 0. The van der Waals surface area contributed by atoms with Crippen molar-refractivity contribution in [2.75, 3.05) is 6.54 Å². The summed E-state index contributed by atoms with van der Waals surface area (Å²) in [6, 6.07) is 14.2. The molecule has 0 spiro atoms. The second kappa shape index (κ2) is 8.73. The molecule has 33 heavy (non-hydrogen) atoms. The van der Waals surface area contributed by atoms with Crippen LogP contribution in [-0.2, 0) is 17.8 Å². The fourth-order valence-corrected chi connectivity index (χ4v) is 5.45. The number of rotatable bonds is 6. The normalized spacial score (nSPS) is 25.3. The van der Waals surface area contributed by atoms with Gasteiger partial charge in [-0.15, -0.1) is 0 Å². The molecule has 1 saturated carbocycles. The summed E-state index contributed by atoms with van der Waals surface area (Å²) < 4.78 is 7.52. The van der Waals surface area contributed by atoms with Crippen molar-refractivity contribution in [1.82, 2.24) is 14.8 Å². The Kier molecular flexibility index (Phi) is 5.77. The Labute approximate surface area is 194 Å². The van der Waals surface area contributed by atoms with Crippen molar-refractivity contribution in [2.24, 2.45) is 5.92 Å². The Morgan fingerprint density at radius 2 is 1.91 bits per heavy atom. The van der Waals surface area contributed by atoms with E-state index in [9.17, 15) is 9.59 Å². The van der Waals surface area contributed by atoms with E-state index in [2.05, 4.69) is 24.4 Å². The monoisotopic (exact) mass is 447 g/mol. The van der Waals surface area contributed by atoms with Gasteiger partial charge in [-0.3, -0.25) is 9.59 Å². The third-order valence-corrected chi connectivity index (χ3v) is 7.58. The SMILES string of the molecule is CC1CCC(NC(=O)[C@]2(C)Cn3c(cc4occc43)C(=O)N2CCCc2ccccc2)CC1. The molecule has 1 fully saturated rings. The molecule has 5 rings (SSSR count). The molecule has 2 aliphatic rings. The number of furan rings is 1. The number of carbonyl (C=O) groups excluding carboxylic acids is 2. The first-order valence-corrected chi connectivity index (χ1v) is 12.2. The number of amides is 2. The number of hydrogen-bond donors (Lipinski definition) is 1. The van der Waals surface area contributed by atoms with Crippen LogP contribution in [0.25, 0.3) is 11.1 Å². The molecule has 0 saturated heterocycles. The highest BCUT2D eigenvalue weighted by Crippen LogP contribution is 2.33. The van der Waals surface area contributed by atoms with Gasteiger partial charge in [0, 0.05) is 24.7 Å². The van der Waals surface area contributed by atoms with E-state index in [0.717, 1.165) is 50.0 Å². The third-order valence-electron chi connectivity index (χ3n) is 7.58. The fourth-order valence-electron chi connectivity index (χ4n) is 5.45. The zero-order valence-electron chi connectivity index (χ0n) is 19.5. The molecule has 2 aromatic heterocycles. The molecule has 2 amide bonds. The van der Waals surface area contributed by atoms with Crippen LogP contribution in [0, 0.1) is 5.92 Å². The highest BCUT2D eigenvalue weighted by atomic mass is 16.3. The minimum absolute atomic E-state index is 0.0499. The smallest absolute Gasteiger partial charge is 0.271 e. The van der Waals surface area contributed by atoms with Crippen molar-refractivity contribution in [3.8, 4) is 0 Å². The molecule has 3 aromatic rings. The summed E-state index contributed by atoms with van der Waals surface area (Å²) in [4.78, 5) is 29.2. The molecule has 1 aliphatic heterocycles. The van der Waals surface area contributed by atoms with Gasteiger partial charge >= 0.3 is 0 Å². The van der Waals surface area contributed by atoms with Crippen molar-refractivity contribution >= 4 is 22.9 Å². The molecule has 0 radical (unpaired) electrons. The zero-order valence-corrected chi connectivity index (χ0v) is 19.5. The number of aromatic nitrogens is 1. The maximum absolute atomic E-state index is 13.7.